The molecule has 0 aliphatic heterocycles. The van der Waals surface area contributed by atoms with E-state index in [9.17, 15) is 33.9 Å². The van der Waals surface area contributed by atoms with Crippen LogP contribution in [0.15, 0.2) is 0 Å². The fourth-order valence-electron chi connectivity index (χ4n) is 12.3. The van der Waals surface area contributed by atoms with Crippen LogP contribution in [0.1, 0.15) is 89.9 Å². The van der Waals surface area contributed by atoms with Crippen molar-refractivity contribution in [3.63, 3.8) is 0 Å². The molecular weight excluding hydrogens is 877 g/mol. The van der Waals surface area contributed by atoms with E-state index in [-0.39, 0.29) is 68.1 Å². The first kappa shape index (κ1) is 51.7. The van der Waals surface area contributed by atoms with Crippen molar-refractivity contribution >= 4 is 59.0 Å². The smallest absolute Gasteiger partial charge is 0.328 e. The quantitative estimate of drug-likeness (QED) is 0.0466. The zero-order valence-electron chi connectivity index (χ0n) is 38.3. The highest BCUT2D eigenvalue weighted by Crippen LogP contribution is 2.61. The number of amides is 5. The third-order valence-electron chi connectivity index (χ3n) is 14.4. The monoisotopic (exact) mass is 953 g/mol. The normalized spacial score (nSPS) is 28.9. The minimum Gasteiger partial charge on any atom is -0.480 e. The van der Waals surface area contributed by atoms with Gasteiger partial charge in [-0.15, -0.1) is 0 Å². The Morgan fingerprint density at radius 2 is 0.985 bits per heavy atom. The van der Waals surface area contributed by atoms with Gasteiger partial charge in [0.25, 0.3) is 0 Å². The topological polar surface area (TPSA) is 246 Å². The van der Waals surface area contributed by atoms with Crippen molar-refractivity contribution in [2.75, 3.05) is 102 Å². The third kappa shape index (κ3) is 16.2. The van der Waals surface area contributed by atoms with Gasteiger partial charge in [0.1, 0.15) is 19.3 Å². The van der Waals surface area contributed by atoms with Crippen LogP contribution >= 0.6 is 23.5 Å². The van der Waals surface area contributed by atoms with Crippen molar-refractivity contribution in [2.45, 2.75) is 102 Å². The number of hydrogen-bond acceptors (Lipinski definition) is 13. The van der Waals surface area contributed by atoms with E-state index in [1.807, 2.05) is 0 Å². The van der Waals surface area contributed by atoms with Crippen molar-refractivity contribution in [3.8, 4) is 0 Å². The molecule has 8 saturated carbocycles. The van der Waals surface area contributed by atoms with Gasteiger partial charge in [-0.2, -0.15) is 23.5 Å². The number of nitrogens with one attached hydrogen (secondary N) is 5. The van der Waals surface area contributed by atoms with Gasteiger partial charge in [-0.1, -0.05) is 0 Å². The predicted octanol–water partition coefficient (Wildman–Crippen LogP) is 2.09. The van der Waals surface area contributed by atoms with Crippen LogP contribution in [-0.4, -0.2) is 155 Å². The number of thioether (sulfide) groups is 2. The lowest BCUT2D eigenvalue weighted by Crippen LogP contribution is -2.53. The molecule has 8 aliphatic carbocycles. The number of carboxylic acid groups (broad SMARTS) is 1. The summed E-state index contributed by atoms with van der Waals surface area (Å²) in [5.74, 6) is 5.65. The predicted molar refractivity (Wildman–Crippen MR) is 248 cm³/mol. The summed E-state index contributed by atoms with van der Waals surface area (Å²) in [7, 11) is 0. The lowest BCUT2D eigenvalue weighted by atomic mass is 9.49. The van der Waals surface area contributed by atoms with Crippen molar-refractivity contribution in [3.05, 3.63) is 0 Å². The molecule has 5 amide bonds. The van der Waals surface area contributed by atoms with E-state index in [2.05, 4.69) is 26.6 Å². The van der Waals surface area contributed by atoms with Gasteiger partial charge >= 0.3 is 5.97 Å². The lowest BCUT2D eigenvalue weighted by Gasteiger charge is -2.55. The number of aliphatic carboxylic acids is 1. The van der Waals surface area contributed by atoms with Crippen LogP contribution in [0.5, 0.6) is 0 Å². The van der Waals surface area contributed by atoms with Gasteiger partial charge in [0.15, 0.2) is 6.04 Å². The Labute approximate surface area is 393 Å². The fourth-order valence-corrected chi connectivity index (χ4v) is 13.8. The van der Waals surface area contributed by atoms with Crippen LogP contribution in [0.25, 0.3) is 0 Å². The molecule has 8 N–H and O–H groups in total. The Balaban J connectivity index is 0.666. The first-order chi connectivity index (χ1) is 31.4. The molecule has 0 unspecified atom stereocenters. The second-order valence-corrected chi connectivity index (χ2v) is 22.2. The second-order valence-electron chi connectivity index (χ2n) is 19.8. The molecular formula is C46H76N6O11S2. The molecule has 8 fully saturated rings. The molecule has 2 atom stereocenters. The summed E-state index contributed by atoms with van der Waals surface area (Å²) in [6.07, 6.45) is 15.9. The molecule has 0 saturated heterocycles. The average Bonchev–Trinajstić information content (AvgIpc) is 3.25. The molecule has 17 nitrogen and oxygen atoms in total. The number of carboxylic acids is 1. The van der Waals surface area contributed by atoms with E-state index in [0.717, 1.165) is 103 Å². The summed E-state index contributed by atoms with van der Waals surface area (Å²) in [6.45, 7) is 1.96. The van der Waals surface area contributed by atoms with Crippen LogP contribution in [0, 0.1) is 46.3 Å². The highest BCUT2D eigenvalue weighted by molar-refractivity contribution is 7.99. The van der Waals surface area contributed by atoms with Gasteiger partial charge in [0, 0.05) is 61.7 Å². The molecule has 65 heavy (non-hydrogen) atoms. The number of hydrogen-bond donors (Lipinski definition) is 7. The number of rotatable bonds is 33. The fraction of sp³-hybridized carbons (Fsp3) is 0.870. The molecule has 8 rings (SSSR count). The lowest BCUT2D eigenvalue weighted by molar-refractivity contribution is -0.146. The van der Waals surface area contributed by atoms with Crippen molar-refractivity contribution in [1.29, 1.82) is 0 Å². The molecule has 368 valence electrons. The molecule has 0 aromatic heterocycles. The second kappa shape index (κ2) is 26.2. The molecule has 8 bridgehead atoms. The van der Waals surface area contributed by atoms with Gasteiger partial charge in [-0.3, -0.25) is 24.0 Å². The third-order valence-corrected chi connectivity index (χ3v) is 16.5. The summed E-state index contributed by atoms with van der Waals surface area (Å²) in [4.78, 5) is 74.4. The molecule has 8 aliphatic rings. The van der Waals surface area contributed by atoms with E-state index in [1.165, 1.54) is 38.5 Å². The van der Waals surface area contributed by atoms with Gasteiger partial charge < -0.3 is 56.4 Å². The minimum atomic E-state index is -1.26. The highest BCUT2D eigenvalue weighted by atomic mass is 32.2. The first-order valence-electron chi connectivity index (χ1n) is 24.3. The highest BCUT2D eigenvalue weighted by Gasteiger charge is 2.55. The first-order valence-corrected chi connectivity index (χ1v) is 26.6. The van der Waals surface area contributed by atoms with Gasteiger partial charge in [0.05, 0.1) is 26.4 Å². The Morgan fingerprint density at radius 3 is 1.46 bits per heavy atom. The molecule has 0 spiro atoms. The van der Waals surface area contributed by atoms with Crippen molar-refractivity contribution in [1.82, 2.24) is 26.6 Å². The molecule has 19 heteroatoms. The Morgan fingerprint density at radius 1 is 0.538 bits per heavy atom. The number of ether oxygens (including phenoxy) is 4. The SMILES string of the molecule is N[C@@H](COCCCSCCNC(=O)C12CC3CC(CC(C3)C1)C2)C(=O)NCCOCCNC(=O)COCC(=O)N[C@@H](COCCCSCCNC(=O)C12CC3CC(CC(C3)C1)C2)C(=O)O. The maximum Gasteiger partial charge on any atom is 0.328 e. The Hall–Kier alpha value is -2.68. The summed E-state index contributed by atoms with van der Waals surface area (Å²) in [5.41, 5.74) is 5.73. The van der Waals surface area contributed by atoms with Gasteiger partial charge in [-0.25, -0.2) is 4.79 Å². The summed E-state index contributed by atoms with van der Waals surface area (Å²) in [6, 6.07) is -2.06. The molecule has 0 aromatic carbocycles. The van der Waals surface area contributed by atoms with E-state index < -0.39 is 43.1 Å². The summed E-state index contributed by atoms with van der Waals surface area (Å²) >= 11 is 3.50. The number of nitrogens with two attached hydrogens (primary N) is 1. The standard InChI is InChI=1S/C46H76N6O11S2/c47-37(27-61-7-1-11-64-13-5-50-43(58)45-21-31-15-32(22-45)17-33(16-31)23-45)41(55)49-4-10-60-9-3-48-39(53)29-63-30-40(54)52-38(42(56)57)28-62-8-2-12-65-14-6-51-44(59)46-24-34-18-35(25-46)20-36(19-34)26-46/h31-38H,1-30,47H2,(H,48,53)(H,49,55)(H,50,58)(H,51,59)(H,52,54)(H,56,57)/t31?,32?,33?,34?,35?,36?,37-,38-,45?,46?/m0/s1. The minimum absolute atomic E-state index is 0.0953. The zero-order chi connectivity index (χ0) is 46.1. The van der Waals surface area contributed by atoms with Crippen LogP contribution in [0.4, 0.5) is 0 Å². The van der Waals surface area contributed by atoms with E-state index in [0.29, 0.717) is 32.7 Å². The average molecular weight is 953 g/mol. The zero-order valence-corrected chi connectivity index (χ0v) is 39.9. The van der Waals surface area contributed by atoms with Crippen LogP contribution in [-0.2, 0) is 47.7 Å². The van der Waals surface area contributed by atoms with E-state index in [1.54, 1.807) is 23.5 Å². The Bertz CT molecular complexity index is 1520. The summed E-state index contributed by atoms with van der Waals surface area (Å²) < 4.78 is 21.7. The van der Waals surface area contributed by atoms with Crippen LogP contribution in [0.2, 0.25) is 0 Å². The molecule has 0 aromatic rings. The number of carbonyl (C=O) groups excluding carboxylic acids is 5. The summed E-state index contributed by atoms with van der Waals surface area (Å²) in [5, 5.41) is 23.6. The van der Waals surface area contributed by atoms with Gasteiger partial charge in [-0.05, 0) is 137 Å². The molecule has 0 radical (unpaired) electrons. The largest absolute Gasteiger partial charge is 0.480 e. The van der Waals surface area contributed by atoms with Crippen molar-refractivity contribution in [2.24, 2.45) is 52.1 Å². The maximum atomic E-state index is 13.1. The molecule has 0 heterocycles. The van der Waals surface area contributed by atoms with Gasteiger partial charge in [0.2, 0.25) is 29.5 Å². The van der Waals surface area contributed by atoms with Crippen LogP contribution in [0.3, 0.4) is 0 Å². The Kier molecular flexibility index (Phi) is 20.8. The van der Waals surface area contributed by atoms with E-state index >= 15 is 0 Å². The van der Waals surface area contributed by atoms with Crippen LogP contribution < -0.4 is 32.3 Å². The van der Waals surface area contributed by atoms with E-state index in [4.69, 9.17) is 24.7 Å². The maximum absolute atomic E-state index is 13.1. The van der Waals surface area contributed by atoms with Crippen molar-refractivity contribution < 1.29 is 52.8 Å². The number of carbonyl (C=O) groups is 6.